The molecule has 0 bridgehead atoms. The molecule has 0 aliphatic rings. The van der Waals surface area contributed by atoms with Crippen LogP contribution in [0.15, 0.2) is 37.9 Å². The predicted molar refractivity (Wildman–Crippen MR) is 108 cm³/mol. The Morgan fingerprint density at radius 2 is 2.04 bits per heavy atom. The summed E-state index contributed by atoms with van der Waals surface area (Å²) in [6.07, 6.45) is 1.58. The third kappa shape index (κ3) is 3.72. The second-order valence-corrected chi connectivity index (χ2v) is 8.37. The second-order valence-electron chi connectivity index (χ2n) is 5.47. The smallest absolute Gasteiger partial charge is 0.294 e. The lowest BCUT2D eigenvalue weighted by Crippen LogP contribution is -2.18. The molecule has 4 aromatic heterocycles. The van der Waals surface area contributed by atoms with Gasteiger partial charge < -0.3 is 4.52 Å². The van der Waals surface area contributed by atoms with Crippen LogP contribution in [-0.4, -0.2) is 27.2 Å². The van der Waals surface area contributed by atoms with Crippen molar-refractivity contribution in [2.24, 2.45) is 5.10 Å². The monoisotopic (exact) mass is 415 g/mol. The van der Waals surface area contributed by atoms with E-state index in [0.29, 0.717) is 17.0 Å². The van der Waals surface area contributed by atoms with E-state index in [4.69, 9.17) is 4.52 Å². The second kappa shape index (κ2) is 7.51. The molecule has 7 nitrogen and oxygen atoms in total. The molecule has 0 atom stereocenters. The van der Waals surface area contributed by atoms with E-state index in [2.05, 4.69) is 25.7 Å². The Hall–Kier alpha value is -2.69. The minimum Gasteiger partial charge on any atom is -0.360 e. The summed E-state index contributed by atoms with van der Waals surface area (Å²) in [7, 11) is 0. The third-order valence-electron chi connectivity index (χ3n) is 3.58. The van der Waals surface area contributed by atoms with Gasteiger partial charge in [0.15, 0.2) is 5.69 Å². The highest BCUT2D eigenvalue weighted by Crippen LogP contribution is 2.32. The molecule has 1 N–H and O–H groups in total. The first-order valence-corrected chi connectivity index (χ1v) is 10.5. The number of amides is 1. The molecule has 0 saturated heterocycles. The number of hydrogen-bond acceptors (Lipinski definition) is 9. The molecule has 4 rings (SSSR count). The summed E-state index contributed by atoms with van der Waals surface area (Å²) in [6, 6.07) is 3.82. The molecule has 0 saturated carbocycles. The van der Waals surface area contributed by atoms with Gasteiger partial charge >= 0.3 is 0 Å². The lowest BCUT2D eigenvalue weighted by atomic mass is 10.1. The van der Waals surface area contributed by atoms with Gasteiger partial charge in [-0.15, -0.1) is 34.0 Å². The molecule has 0 aliphatic heterocycles. The summed E-state index contributed by atoms with van der Waals surface area (Å²) >= 11 is 4.56. The molecule has 4 aromatic rings. The molecule has 1 amide bonds. The average Bonchev–Trinajstić information content (AvgIpc) is 3.41. The first-order valence-electron chi connectivity index (χ1n) is 7.83. The Balaban J connectivity index is 1.58. The molecular weight excluding hydrogens is 402 g/mol. The summed E-state index contributed by atoms with van der Waals surface area (Å²) in [5.41, 5.74) is 4.66. The first-order chi connectivity index (χ1) is 13.1. The zero-order valence-corrected chi connectivity index (χ0v) is 16.7. The quantitative estimate of drug-likeness (QED) is 0.386. The number of hydrazone groups is 1. The fraction of sp³-hybridized carbons (Fsp3) is 0.118. The van der Waals surface area contributed by atoms with E-state index in [1.165, 1.54) is 22.7 Å². The van der Waals surface area contributed by atoms with Crippen molar-refractivity contribution in [1.29, 1.82) is 0 Å². The van der Waals surface area contributed by atoms with E-state index in [1.54, 1.807) is 24.5 Å². The van der Waals surface area contributed by atoms with E-state index in [9.17, 15) is 4.79 Å². The number of aryl methyl sites for hydroxylation is 2. The number of carbonyl (C=O) groups excluding carboxylic acids is 1. The third-order valence-corrected chi connectivity index (χ3v) is 6.02. The van der Waals surface area contributed by atoms with E-state index >= 15 is 0 Å². The Bertz CT molecular complexity index is 1110. The van der Waals surface area contributed by atoms with Crippen molar-refractivity contribution in [2.45, 2.75) is 13.8 Å². The number of aromatic nitrogens is 3. The molecule has 27 heavy (non-hydrogen) atoms. The van der Waals surface area contributed by atoms with Crippen molar-refractivity contribution in [2.75, 3.05) is 0 Å². The van der Waals surface area contributed by atoms with Crippen LogP contribution < -0.4 is 5.43 Å². The number of carbonyl (C=O) groups is 1. The first kappa shape index (κ1) is 17.7. The number of thiophene rings is 1. The van der Waals surface area contributed by atoms with Crippen LogP contribution in [0.2, 0.25) is 0 Å². The van der Waals surface area contributed by atoms with Crippen molar-refractivity contribution in [3.8, 4) is 22.0 Å². The number of thiazole rings is 2. The van der Waals surface area contributed by atoms with Crippen LogP contribution >= 0.6 is 34.0 Å². The fourth-order valence-corrected chi connectivity index (χ4v) is 4.40. The van der Waals surface area contributed by atoms with E-state index in [0.717, 1.165) is 20.6 Å². The maximum absolute atomic E-state index is 12.5. The van der Waals surface area contributed by atoms with Crippen LogP contribution in [-0.2, 0) is 0 Å². The lowest BCUT2D eigenvalue weighted by molar-refractivity contribution is 0.0946. The minimum absolute atomic E-state index is 0.155. The van der Waals surface area contributed by atoms with Crippen molar-refractivity contribution in [3.63, 3.8) is 0 Å². The highest BCUT2D eigenvalue weighted by Gasteiger charge is 2.23. The number of rotatable bonds is 5. The summed E-state index contributed by atoms with van der Waals surface area (Å²) < 4.78 is 5.23. The Morgan fingerprint density at radius 1 is 1.19 bits per heavy atom. The summed E-state index contributed by atoms with van der Waals surface area (Å²) in [5, 5.41) is 15.4. The van der Waals surface area contributed by atoms with Crippen molar-refractivity contribution < 1.29 is 9.32 Å². The molecule has 0 fully saturated rings. The van der Waals surface area contributed by atoms with Crippen molar-refractivity contribution in [1.82, 2.24) is 20.6 Å². The predicted octanol–water partition coefficient (Wildman–Crippen LogP) is 4.36. The van der Waals surface area contributed by atoms with Crippen LogP contribution in [0.4, 0.5) is 0 Å². The van der Waals surface area contributed by atoms with E-state index in [1.807, 2.05) is 35.2 Å². The zero-order valence-electron chi connectivity index (χ0n) is 14.3. The molecule has 136 valence electrons. The average molecular weight is 416 g/mol. The minimum atomic E-state index is -0.450. The van der Waals surface area contributed by atoms with Crippen LogP contribution in [0.5, 0.6) is 0 Å². The molecule has 0 aliphatic carbocycles. The van der Waals surface area contributed by atoms with Crippen molar-refractivity contribution in [3.05, 3.63) is 49.6 Å². The maximum atomic E-state index is 12.5. The normalized spacial score (nSPS) is 11.3. The fourth-order valence-electron chi connectivity index (χ4n) is 2.37. The highest BCUT2D eigenvalue weighted by molar-refractivity contribution is 7.14. The van der Waals surface area contributed by atoms with Gasteiger partial charge in [-0.05, 0) is 25.3 Å². The summed E-state index contributed by atoms with van der Waals surface area (Å²) in [5.74, 6) is 0.0717. The van der Waals surface area contributed by atoms with Gasteiger partial charge in [-0.1, -0.05) is 11.2 Å². The van der Waals surface area contributed by atoms with Gasteiger partial charge in [0.1, 0.15) is 16.5 Å². The molecule has 0 aromatic carbocycles. The molecule has 10 heteroatoms. The van der Waals surface area contributed by atoms with Gasteiger partial charge in [0, 0.05) is 15.6 Å². The molecule has 4 heterocycles. The molecular formula is C17H13N5O2S3. The number of hydrogen-bond donors (Lipinski definition) is 1. The maximum Gasteiger partial charge on any atom is 0.294 e. The highest BCUT2D eigenvalue weighted by atomic mass is 32.1. The van der Waals surface area contributed by atoms with Gasteiger partial charge in [0.05, 0.1) is 22.5 Å². The Morgan fingerprint density at radius 3 is 2.78 bits per heavy atom. The van der Waals surface area contributed by atoms with Gasteiger partial charge in [0.2, 0.25) is 0 Å². The standard InChI is InChI=1S/C17H13N5O2S3/c1-9-14(12-7-27-17(20-12)13-8-26-10(2)19-13)15(22-24-9)16(23)21-18-6-11-4-3-5-25-11/h3-8H,1-2H3,(H,21,23)/b18-6+. The van der Waals surface area contributed by atoms with Gasteiger partial charge in [-0.3, -0.25) is 4.79 Å². The topological polar surface area (TPSA) is 93.3 Å². The van der Waals surface area contributed by atoms with Crippen LogP contribution in [0.1, 0.15) is 26.1 Å². The Labute approximate surface area is 166 Å². The van der Waals surface area contributed by atoms with Crippen molar-refractivity contribution >= 4 is 46.1 Å². The van der Waals surface area contributed by atoms with Crippen LogP contribution in [0.3, 0.4) is 0 Å². The van der Waals surface area contributed by atoms with Crippen LogP contribution in [0.25, 0.3) is 22.0 Å². The van der Waals surface area contributed by atoms with Gasteiger partial charge in [0.25, 0.3) is 5.91 Å². The summed E-state index contributed by atoms with van der Waals surface area (Å²) in [4.78, 5) is 22.5. The number of nitrogens with one attached hydrogen (secondary N) is 1. The van der Waals surface area contributed by atoms with E-state index in [-0.39, 0.29) is 5.69 Å². The molecule has 0 unspecified atom stereocenters. The van der Waals surface area contributed by atoms with Gasteiger partial charge in [-0.2, -0.15) is 5.10 Å². The molecule has 0 spiro atoms. The van der Waals surface area contributed by atoms with Gasteiger partial charge in [-0.25, -0.2) is 15.4 Å². The SMILES string of the molecule is Cc1nc(-c2nc(-c3c(C(=O)N/N=C/c4cccs4)noc3C)cs2)cs1. The Kier molecular flexibility index (Phi) is 4.92. The lowest BCUT2D eigenvalue weighted by Gasteiger charge is -1.98. The molecule has 0 radical (unpaired) electrons. The zero-order chi connectivity index (χ0) is 18.8. The largest absolute Gasteiger partial charge is 0.360 e. The van der Waals surface area contributed by atoms with Crippen LogP contribution in [0, 0.1) is 13.8 Å². The van der Waals surface area contributed by atoms with E-state index < -0.39 is 5.91 Å². The number of nitrogens with zero attached hydrogens (tertiary/aromatic N) is 4. The summed E-state index contributed by atoms with van der Waals surface area (Å²) in [6.45, 7) is 3.70.